The fourth-order valence-corrected chi connectivity index (χ4v) is 2.58. The minimum atomic E-state index is -0.663. The van der Waals surface area contributed by atoms with Crippen molar-refractivity contribution >= 4 is 10.8 Å². The molecule has 0 bridgehead atoms. The Bertz CT molecular complexity index is 196. The topological polar surface area (TPSA) is 29.1 Å². The smallest absolute Gasteiger partial charge is 0.0342 e. The molecule has 0 saturated heterocycles. The average Bonchev–Trinajstić information content (AvgIpc) is 2.09. The molecule has 0 rings (SSSR count). The van der Waals surface area contributed by atoms with Gasteiger partial charge in [-0.25, -0.2) is 0 Å². The zero-order valence-corrected chi connectivity index (χ0v) is 11.9. The maximum absolute atomic E-state index is 11.8. The fourth-order valence-electron chi connectivity index (χ4n) is 1.17. The molecule has 0 radical (unpaired) electrons. The molecule has 3 heteroatoms. The summed E-state index contributed by atoms with van der Waals surface area (Å²) in [5.41, 5.74) is 0.172. The van der Waals surface area contributed by atoms with Gasteiger partial charge in [0.05, 0.1) is 0 Å². The largest absolute Gasteiger partial charge is 0.312 e. The van der Waals surface area contributed by atoms with Crippen LogP contribution in [0.25, 0.3) is 0 Å². The normalized spacial score (nSPS) is 16.7. The summed E-state index contributed by atoms with van der Waals surface area (Å²) < 4.78 is 11.8. The molecule has 0 saturated carbocycles. The number of hydrogen-bond donors (Lipinski definition) is 1. The Morgan fingerprint density at radius 2 is 1.73 bits per heavy atom. The van der Waals surface area contributed by atoms with Crippen LogP contribution in [0.5, 0.6) is 0 Å². The second-order valence-corrected chi connectivity index (χ2v) is 7.48. The van der Waals surface area contributed by atoms with E-state index in [0.717, 1.165) is 18.7 Å². The standard InChI is InChI=1S/C12H27NOS/c1-10(2)11(3)15(14)9-7-8-13-12(4,5)6/h10-11,13H,7-9H2,1-6H3. The molecule has 0 aromatic rings. The van der Waals surface area contributed by atoms with Gasteiger partial charge in [0.15, 0.2) is 0 Å². The number of hydrogen-bond acceptors (Lipinski definition) is 2. The maximum Gasteiger partial charge on any atom is 0.0342 e. The fraction of sp³-hybridized carbons (Fsp3) is 1.00. The van der Waals surface area contributed by atoms with E-state index in [1.807, 2.05) is 0 Å². The summed E-state index contributed by atoms with van der Waals surface area (Å²) in [5, 5.41) is 3.73. The Hall–Kier alpha value is 0.110. The minimum absolute atomic E-state index is 0.172. The van der Waals surface area contributed by atoms with Crippen molar-refractivity contribution < 1.29 is 4.21 Å². The molecule has 0 amide bonds. The van der Waals surface area contributed by atoms with Gasteiger partial charge in [0, 0.05) is 27.3 Å². The van der Waals surface area contributed by atoms with Gasteiger partial charge in [-0.15, -0.1) is 0 Å². The van der Waals surface area contributed by atoms with Crippen molar-refractivity contribution in [2.24, 2.45) is 5.92 Å². The van der Waals surface area contributed by atoms with Gasteiger partial charge in [0.1, 0.15) is 0 Å². The first-order valence-corrected chi connectivity index (χ1v) is 7.24. The summed E-state index contributed by atoms with van der Waals surface area (Å²) in [7, 11) is -0.663. The summed E-state index contributed by atoms with van der Waals surface area (Å²) in [6.45, 7) is 13.8. The van der Waals surface area contributed by atoms with Crippen molar-refractivity contribution in [3.05, 3.63) is 0 Å². The predicted octanol–water partition coefficient (Wildman–Crippen LogP) is 2.56. The lowest BCUT2D eigenvalue weighted by molar-refractivity contribution is 0.427. The van der Waals surface area contributed by atoms with E-state index in [-0.39, 0.29) is 5.54 Å². The third-order valence-corrected chi connectivity index (χ3v) is 4.60. The highest BCUT2D eigenvalue weighted by Gasteiger charge is 2.14. The summed E-state index contributed by atoms with van der Waals surface area (Å²) in [4.78, 5) is 0. The SMILES string of the molecule is CC(C)C(C)S(=O)CCCNC(C)(C)C. The van der Waals surface area contributed by atoms with Crippen LogP contribution < -0.4 is 5.32 Å². The maximum atomic E-state index is 11.8. The quantitative estimate of drug-likeness (QED) is 0.714. The summed E-state index contributed by atoms with van der Waals surface area (Å²) in [6, 6.07) is 0. The summed E-state index contributed by atoms with van der Waals surface area (Å²) >= 11 is 0. The Morgan fingerprint density at radius 3 is 2.13 bits per heavy atom. The van der Waals surface area contributed by atoms with Gasteiger partial charge in [-0.3, -0.25) is 4.21 Å². The van der Waals surface area contributed by atoms with Gasteiger partial charge < -0.3 is 5.32 Å². The van der Waals surface area contributed by atoms with Crippen LogP contribution in [0.1, 0.15) is 48.0 Å². The first kappa shape index (κ1) is 15.1. The van der Waals surface area contributed by atoms with Crippen LogP contribution >= 0.6 is 0 Å². The molecule has 0 aliphatic heterocycles. The molecule has 0 fully saturated rings. The van der Waals surface area contributed by atoms with Gasteiger partial charge in [-0.2, -0.15) is 0 Å². The minimum Gasteiger partial charge on any atom is -0.312 e. The van der Waals surface area contributed by atoms with Crippen molar-refractivity contribution in [1.82, 2.24) is 5.32 Å². The zero-order chi connectivity index (χ0) is 12.1. The molecule has 92 valence electrons. The van der Waals surface area contributed by atoms with E-state index in [9.17, 15) is 4.21 Å². The Morgan fingerprint density at radius 1 is 1.20 bits per heavy atom. The predicted molar refractivity (Wildman–Crippen MR) is 69.7 cm³/mol. The highest BCUT2D eigenvalue weighted by Crippen LogP contribution is 2.09. The van der Waals surface area contributed by atoms with Gasteiger partial charge in [-0.1, -0.05) is 20.8 Å². The van der Waals surface area contributed by atoms with Crippen molar-refractivity contribution in [2.45, 2.75) is 58.8 Å². The Labute approximate surface area is 97.7 Å². The first-order chi connectivity index (χ1) is 6.74. The number of rotatable bonds is 6. The average molecular weight is 233 g/mol. The van der Waals surface area contributed by atoms with Crippen LogP contribution in [0.3, 0.4) is 0 Å². The zero-order valence-electron chi connectivity index (χ0n) is 11.1. The van der Waals surface area contributed by atoms with Gasteiger partial charge in [-0.05, 0) is 39.7 Å². The summed E-state index contributed by atoms with van der Waals surface area (Å²) in [5.74, 6) is 1.34. The molecule has 2 nitrogen and oxygen atoms in total. The molecule has 2 unspecified atom stereocenters. The van der Waals surface area contributed by atoms with E-state index in [1.165, 1.54) is 0 Å². The van der Waals surface area contributed by atoms with Gasteiger partial charge >= 0.3 is 0 Å². The Kier molecular flexibility index (Phi) is 6.69. The van der Waals surface area contributed by atoms with Crippen LogP contribution in [-0.2, 0) is 10.8 Å². The molecular formula is C12H27NOS. The van der Waals surface area contributed by atoms with Crippen LogP contribution in [-0.4, -0.2) is 27.3 Å². The highest BCUT2D eigenvalue weighted by atomic mass is 32.2. The van der Waals surface area contributed by atoms with E-state index in [0.29, 0.717) is 11.2 Å². The molecule has 2 atom stereocenters. The van der Waals surface area contributed by atoms with E-state index in [2.05, 4.69) is 46.9 Å². The van der Waals surface area contributed by atoms with Crippen molar-refractivity contribution in [3.63, 3.8) is 0 Å². The summed E-state index contributed by atoms with van der Waals surface area (Å²) in [6.07, 6.45) is 1.00. The molecule has 15 heavy (non-hydrogen) atoms. The third kappa shape index (κ3) is 7.97. The third-order valence-electron chi connectivity index (χ3n) is 2.53. The molecule has 0 aliphatic carbocycles. The van der Waals surface area contributed by atoms with Crippen LogP contribution in [0.15, 0.2) is 0 Å². The molecule has 0 heterocycles. The lowest BCUT2D eigenvalue weighted by Gasteiger charge is -2.21. The number of nitrogens with one attached hydrogen (secondary N) is 1. The van der Waals surface area contributed by atoms with Crippen LogP contribution in [0.2, 0.25) is 0 Å². The first-order valence-electron chi connectivity index (χ1n) is 5.86. The molecule has 1 N–H and O–H groups in total. The van der Waals surface area contributed by atoms with E-state index in [4.69, 9.17) is 0 Å². The van der Waals surface area contributed by atoms with E-state index < -0.39 is 10.8 Å². The monoisotopic (exact) mass is 233 g/mol. The van der Waals surface area contributed by atoms with E-state index >= 15 is 0 Å². The van der Waals surface area contributed by atoms with Crippen LogP contribution in [0, 0.1) is 5.92 Å². The van der Waals surface area contributed by atoms with Crippen molar-refractivity contribution in [3.8, 4) is 0 Å². The van der Waals surface area contributed by atoms with Gasteiger partial charge in [0.25, 0.3) is 0 Å². The lowest BCUT2D eigenvalue weighted by atomic mass is 10.1. The Balaban J connectivity index is 3.65. The van der Waals surface area contributed by atoms with E-state index in [1.54, 1.807) is 0 Å². The molecule has 0 aromatic carbocycles. The molecule has 0 spiro atoms. The van der Waals surface area contributed by atoms with Crippen molar-refractivity contribution in [1.29, 1.82) is 0 Å². The molecule has 0 aromatic heterocycles. The highest BCUT2D eigenvalue weighted by molar-refractivity contribution is 7.85. The second kappa shape index (κ2) is 6.64. The lowest BCUT2D eigenvalue weighted by Crippen LogP contribution is -2.37. The van der Waals surface area contributed by atoms with Crippen LogP contribution in [0.4, 0.5) is 0 Å². The second-order valence-electron chi connectivity index (χ2n) is 5.56. The molecule has 0 aliphatic rings. The molecular weight excluding hydrogens is 206 g/mol. The van der Waals surface area contributed by atoms with Gasteiger partial charge in [0.2, 0.25) is 0 Å². The van der Waals surface area contributed by atoms with Crippen molar-refractivity contribution in [2.75, 3.05) is 12.3 Å².